The summed E-state index contributed by atoms with van der Waals surface area (Å²) < 4.78 is 0. The minimum absolute atomic E-state index is 0.189. The number of hydrogen-bond acceptors (Lipinski definition) is 1. The number of Topliss-reactive ketones (excluding diaryl/α,β-unsaturated/α-hetero) is 1. The largest absolute Gasteiger partial charge is 0.299 e. The number of carbonyl (C=O) groups excluding carboxylic acids is 1. The van der Waals surface area contributed by atoms with Gasteiger partial charge in [0.15, 0.2) is 0 Å². The summed E-state index contributed by atoms with van der Waals surface area (Å²) >= 11 is 0. The quantitative estimate of drug-likeness (QED) is 0.596. The van der Waals surface area contributed by atoms with Crippen LogP contribution in [0.15, 0.2) is 11.6 Å². The first-order valence-corrected chi connectivity index (χ1v) is 5.14. The van der Waals surface area contributed by atoms with Gasteiger partial charge in [-0.25, -0.2) is 0 Å². The summed E-state index contributed by atoms with van der Waals surface area (Å²) in [6, 6.07) is 0. The second-order valence-corrected chi connectivity index (χ2v) is 4.98. The van der Waals surface area contributed by atoms with E-state index >= 15 is 0 Å². The van der Waals surface area contributed by atoms with Crippen molar-refractivity contribution in [1.82, 2.24) is 0 Å². The van der Waals surface area contributed by atoms with Gasteiger partial charge in [0.25, 0.3) is 0 Å². The Hall–Kier alpha value is -0.590. The summed E-state index contributed by atoms with van der Waals surface area (Å²) in [7, 11) is 0. The molecule has 1 atom stereocenters. The van der Waals surface area contributed by atoms with Gasteiger partial charge in [-0.1, -0.05) is 32.4 Å². The summed E-state index contributed by atoms with van der Waals surface area (Å²) in [4.78, 5) is 11.6. The Labute approximate surface area is 81.2 Å². The Morgan fingerprint density at radius 2 is 2.23 bits per heavy atom. The number of hydrogen-bond donors (Lipinski definition) is 0. The molecule has 0 spiro atoms. The topological polar surface area (TPSA) is 17.1 Å². The smallest absolute Gasteiger partial charge is 0.139 e. The van der Waals surface area contributed by atoms with Crippen LogP contribution in [0.25, 0.3) is 0 Å². The van der Waals surface area contributed by atoms with Crippen LogP contribution in [0.3, 0.4) is 0 Å². The third-order valence-electron chi connectivity index (χ3n) is 2.78. The fourth-order valence-corrected chi connectivity index (χ4v) is 2.35. The molecule has 74 valence electrons. The predicted octanol–water partition coefficient (Wildman–Crippen LogP) is 3.35. The van der Waals surface area contributed by atoms with Crippen LogP contribution in [0.4, 0.5) is 0 Å². The van der Waals surface area contributed by atoms with E-state index < -0.39 is 0 Å². The van der Waals surface area contributed by atoms with E-state index in [1.54, 1.807) is 0 Å². The van der Waals surface area contributed by atoms with Crippen LogP contribution in [0.1, 0.15) is 47.0 Å². The molecule has 0 N–H and O–H groups in total. The molecule has 1 aliphatic rings. The first kappa shape index (κ1) is 10.5. The lowest BCUT2D eigenvalue weighted by Gasteiger charge is -2.33. The number of carbonyl (C=O) groups is 1. The average molecular weight is 180 g/mol. The molecule has 0 aromatic heterocycles. The van der Waals surface area contributed by atoms with Gasteiger partial charge in [0, 0.05) is 12.3 Å². The van der Waals surface area contributed by atoms with Crippen LogP contribution in [0, 0.1) is 11.3 Å². The molecular weight excluding hydrogens is 160 g/mol. The van der Waals surface area contributed by atoms with Crippen molar-refractivity contribution in [1.29, 1.82) is 0 Å². The van der Waals surface area contributed by atoms with Gasteiger partial charge in [-0.15, -0.1) is 0 Å². The number of ketones is 1. The Morgan fingerprint density at radius 3 is 2.69 bits per heavy atom. The Morgan fingerprint density at radius 1 is 1.62 bits per heavy atom. The van der Waals surface area contributed by atoms with Gasteiger partial charge in [0.05, 0.1) is 0 Å². The average Bonchev–Trinajstić information content (AvgIpc) is 1.99. The standard InChI is InChI=1S/C12H20O/c1-5-11(13)10-6-9(2)7-12(3,4)8-10/h6,10H,5,7-8H2,1-4H3. The molecule has 0 saturated carbocycles. The summed E-state index contributed by atoms with van der Waals surface area (Å²) in [5.41, 5.74) is 1.69. The van der Waals surface area contributed by atoms with E-state index in [1.807, 2.05) is 6.92 Å². The van der Waals surface area contributed by atoms with E-state index in [0.717, 1.165) is 12.8 Å². The lowest BCUT2D eigenvalue weighted by atomic mass is 9.72. The summed E-state index contributed by atoms with van der Waals surface area (Å²) in [6.45, 7) is 8.59. The summed E-state index contributed by atoms with van der Waals surface area (Å²) in [6.07, 6.45) is 5.00. The minimum atomic E-state index is 0.189. The van der Waals surface area contributed by atoms with Gasteiger partial charge in [0.1, 0.15) is 5.78 Å². The molecule has 1 nitrogen and oxygen atoms in total. The molecule has 0 aliphatic heterocycles. The lowest BCUT2D eigenvalue weighted by molar-refractivity contribution is -0.122. The van der Waals surface area contributed by atoms with E-state index in [0.29, 0.717) is 17.6 Å². The molecule has 13 heavy (non-hydrogen) atoms. The van der Waals surface area contributed by atoms with E-state index in [-0.39, 0.29) is 5.92 Å². The highest BCUT2D eigenvalue weighted by molar-refractivity contribution is 5.82. The highest BCUT2D eigenvalue weighted by Crippen LogP contribution is 2.38. The highest BCUT2D eigenvalue weighted by Gasteiger charge is 2.29. The molecule has 1 heteroatoms. The Kier molecular flexibility index (Phi) is 2.94. The van der Waals surface area contributed by atoms with Crippen molar-refractivity contribution < 1.29 is 4.79 Å². The minimum Gasteiger partial charge on any atom is -0.299 e. The molecular formula is C12H20O. The first-order chi connectivity index (χ1) is 5.94. The molecule has 0 saturated heterocycles. The second kappa shape index (κ2) is 3.65. The van der Waals surface area contributed by atoms with Crippen molar-refractivity contribution in [2.75, 3.05) is 0 Å². The molecule has 0 fully saturated rings. The fraction of sp³-hybridized carbons (Fsp3) is 0.750. The van der Waals surface area contributed by atoms with Crippen molar-refractivity contribution in [3.05, 3.63) is 11.6 Å². The van der Waals surface area contributed by atoms with Gasteiger partial charge < -0.3 is 0 Å². The van der Waals surface area contributed by atoms with Crippen LogP contribution in [-0.4, -0.2) is 5.78 Å². The normalized spacial score (nSPS) is 26.8. The van der Waals surface area contributed by atoms with Crippen molar-refractivity contribution in [3.63, 3.8) is 0 Å². The molecule has 0 amide bonds. The van der Waals surface area contributed by atoms with Gasteiger partial charge in [-0.05, 0) is 25.2 Å². The SMILES string of the molecule is CCC(=O)C1C=C(C)CC(C)(C)C1. The fourth-order valence-electron chi connectivity index (χ4n) is 2.35. The third-order valence-corrected chi connectivity index (χ3v) is 2.78. The van der Waals surface area contributed by atoms with Crippen LogP contribution in [0.2, 0.25) is 0 Å². The van der Waals surface area contributed by atoms with E-state index in [1.165, 1.54) is 5.57 Å². The number of rotatable bonds is 2. The maximum atomic E-state index is 11.6. The third kappa shape index (κ3) is 2.68. The maximum Gasteiger partial charge on any atom is 0.139 e. The number of allylic oxidation sites excluding steroid dienone is 2. The van der Waals surface area contributed by atoms with Crippen LogP contribution in [-0.2, 0) is 4.79 Å². The first-order valence-electron chi connectivity index (χ1n) is 5.14. The molecule has 1 rings (SSSR count). The van der Waals surface area contributed by atoms with Gasteiger partial charge in [0.2, 0.25) is 0 Å². The summed E-state index contributed by atoms with van der Waals surface area (Å²) in [5.74, 6) is 0.584. The molecule has 0 heterocycles. The zero-order chi connectivity index (χ0) is 10.1. The molecule has 0 radical (unpaired) electrons. The van der Waals surface area contributed by atoms with Crippen molar-refractivity contribution in [2.24, 2.45) is 11.3 Å². The molecule has 0 aromatic carbocycles. The predicted molar refractivity (Wildman–Crippen MR) is 55.6 cm³/mol. The molecule has 1 aliphatic carbocycles. The highest BCUT2D eigenvalue weighted by atomic mass is 16.1. The van der Waals surface area contributed by atoms with Gasteiger partial charge in [-0.3, -0.25) is 4.79 Å². The van der Waals surface area contributed by atoms with Crippen molar-refractivity contribution >= 4 is 5.78 Å². The summed E-state index contributed by atoms with van der Waals surface area (Å²) in [5, 5.41) is 0. The van der Waals surface area contributed by atoms with Gasteiger partial charge >= 0.3 is 0 Å². The van der Waals surface area contributed by atoms with Crippen LogP contribution in [0.5, 0.6) is 0 Å². The van der Waals surface area contributed by atoms with Crippen molar-refractivity contribution in [2.45, 2.75) is 47.0 Å². The van der Waals surface area contributed by atoms with Crippen molar-refractivity contribution in [3.8, 4) is 0 Å². The van der Waals surface area contributed by atoms with Crippen LogP contribution < -0.4 is 0 Å². The van der Waals surface area contributed by atoms with E-state index in [4.69, 9.17) is 0 Å². The van der Waals surface area contributed by atoms with E-state index in [2.05, 4.69) is 26.8 Å². The maximum absolute atomic E-state index is 11.6. The van der Waals surface area contributed by atoms with E-state index in [9.17, 15) is 4.79 Å². The molecule has 1 unspecified atom stereocenters. The zero-order valence-electron chi connectivity index (χ0n) is 9.18. The zero-order valence-corrected chi connectivity index (χ0v) is 9.18. The molecule has 0 aromatic rings. The monoisotopic (exact) mass is 180 g/mol. The molecule has 0 bridgehead atoms. The van der Waals surface area contributed by atoms with Crippen LogP contribution >= 0.6 is 0 Å². The lowest BCUT2D eigenvalue weighted by Crippen LogP contribution is -2.25. The Bertz CT molecular complexity index is 236. The second-order valence-electron chi connectivity index (χ2n) is 4.98. The Balaban J connectivity index is 2.78. The van der Waals surface area contributed by atoms with Gasteiger partial charge in [-0.2, -0.15) is 0 Å².